The van der Waals surface area contributed by atoms with Gasteiger partial charge < -0.3 is 0 Å². The Morgan fingerprint density at radius 1 is 1.36 bits per heavy atom. The Morgan fingerprint density at radius 2 is 2.09 bits per heavy atom. The van der Waals surface area contributed by atoms with Gasteiger partial charge in [-0.1, -0.05) is 31.6 Å². The standard InChI is InChI=1S/C9H12SSi/c1-11(2,3)8-6-9-5-4-7-10-9/h4-5,7H,1-3H3. The van der Waals surface area contributed by atoms with Crippen LogP contribution in [0.4, 0.5) is 0 Å². The molecule has 0 nitrogen and oxygen atoms in total. The molecule has 58 valence electrons. The highest BCUT2D eigenvalue weighted by atomic mass is 32.1. The average molecular weight is 180 g/mol. The molecule has 1 aromatic rings. The van der Waals surface area contributed by atoms with E-state index in [2.05, 4.69) is 42.6 Å². The zero-order valence-corrected chi connectivity index (χ0v) is 8.96. The van der Waals surface area contributed by atoms with Gasteiger partial charge in [0, 0.05) is 0 Å². The molecular weight excluding hydrogens is 168 g/mol. The summed E-state index contributed by atoms with van der Waals surface area (Å²) in [5.41, 5.74) is 3.32. The van der Waals surface area contributed by atoms with Crippen LogP contribution in [0.25, 0.3) is 0 Å². The Balaban J connectivity index is 2.74. The van der Waals surface area contributed by atoms with E-state index in [0.29, 0.717) is 0 Å². The first-order valence-corrected chi connectivity index (χ1v) is 8.02. The monoisotopic (exact) mass is 180 g/mol. The number of hydrogen-bond acceptors (Lipinski definition) is 1. The molecule has 1 rings (SSSR count). The van der Waals surface area contributed by atoms with E-state index in [0.717, 1.165) is 0 Å². The molecular formula is C9H12SSi. The first-order valence-electron chi connectivity index (χ1n) is 3.65. The van der Waals surface area contributed by atoms with Crippen LogP contribution in [0.3, 0.4) is 0 Å². The summed E-state index contributed by atoms with van der Waals surface area (Å²) in [6.07, 6.45) is 0. The predicted octanol–water partition coefficient (Wildman–Crippen LogP) is 2.98. The van der Waals surface area contributed by atoms with Gasteiger partial charge in [0.1, 0.15) is 8.07 Å². The molecule has 0 bridgehead atoms. The summed E-state index contributed by atoms with van der Waals surface area (Å²) in [5.74, 6) is 3.19. The zero-order chi connectivity index (χ0) is 8.32. The fourth-order valence-corrected chi connectivity index (χ4v) is 1.77. The molecule has 0 radical (unpaired) electrons. The van der Waals surface area contributed by atoms with Crippen LogP contribution < -0.4 is 0 Å². The molecule has 0 amide bonds. The summed E-state index contributed by atoms with van der Waals surface area (Å²) in [6, 6.07) is 4.11. The third kappa shape index (κ3) is 3.40. The maximum atomic E-state index is 3.32. The van der Waals surface area contributed by atoms with E-state index in [1.165, 1.54) is 4.88 Å². The first kappa shape index (κ1) is 8.57. The number of thiophene rings is 1. The van der Waals surface area contributed by atoms with E-state index in [1.807, 2.05) is 6.07 Å². The van der Waals surface area contributed by atoms with Crippen molar-refractivity contribution in [2.24, 2.45) is 0 Å². The van der Waals surface area contributed by atoms with E-state index in [1.54, 1.807) is 11.3 Å². The van der Waals surface area contributed by atoms with Gasteiger partial charge in [0.15, 0.2) is 0 Å². The Bertz CT molecular complexity index is 269. The fourth-order valence-electron chi connectivity index (χ4n) is 0.599. The van der Waals surface area contributed by atoms with Crippen molar-refractivity contribution in [3.63, 3.8) is 0 Å². The van der Waals surface area contributed by atoms with Crippen LogP contribution >= 0.6 is 11.3 Å². The molecule has 0 atom stereocenters. The van der Waals surface area contributed by atoms with Gasteiger partial charge >= 0.3 is 0 Å². The second-order valence-corrected chi connectivity index (χ2v) is 9.17. The van der Waals surface area contributed by atoms with Gasteiger partial charge in [-0.2, -0.15) is 0 Å². The molecule has 0 unspecified atom stereocenters. The Hall–Kier alpha value is -0.523. The van der Waals surface area contributed by atoms with E-state index in [4.69, 9.17) is 0 Å². The van der Waals surface area contributed by atoms with Gasteiger partial charge in [-0.25, -0.2) is 0 Å². The Morgan fingerprint density at radius 3 is 2.55 bits per heavy atom. The predicted molar refractivity (Wildman–Crippen MR) is 54.5 cm³/mol. The maximum absolute atomic E-state index is 3.32. The smallest absolute Gasteiger partial charge is 0.129 e. The lowest BCUT2D eigenvalue weighted by Crippen LogP contribution is -2.16. The summed E-state index contributed by atoms with van der Waals surface area (Å²) in [6.45, 7) is 6.77. The normalized spacial score (nSPS) is 10.5. The fraction of sp³-hybridized carbons (Fsp3) is 0.333. The molecule has 0 aliphatic rings. The van der Waals surface area contributed by atoms with Crippen LogP contribution in [-0.4, -0.2) is 8.07 Å². The van der Waals surface area contributed by atoms with Gasteiger partial charge in [-0.05, 0) is 11.4 Å². The number of rotatable bonds is 0. The lowest BCUT2D eigenvalue weighted by atomic mass is 10.5. The van der Waals surface area contributed by atoms with E-state index in [-0.39, 0.29) is 0 Å². The summed E-state index contributed by atoms with van der Waals surface area (Å²) < 4.78 is 0. The molecule has 2 heteroatoms. The minimum absolute atomic E-state index is 1.17. The zero-order valence-electron chi connectivity index (χ0n) is 7.14. The molecule has 0 aromatic carbocycles. The highest BCUT2D eigenvalue weighted by Crippen LogP contribution is 2.06. The minimum Gasteiger partial charge on any atom is -0.135 e. The molecule has 0 saturated carbocycles. The summed E-state index contributed by atoms with van der Waals surface area (Å²) >= 11 is 1.71. The van der Waals surface area contributed by atoms with E-state index in [9.17, 15) is 0 Å². The van der Waals surface area contributed by atoms with Crippen molar-refractivity contribution in [1.29, 1.82) is 0 Å². The van der Waals surface area contributed by atoms with Crippen molar-refractivity contribution in [3.05, 3.63) is 22.4 Å². The minimum atomic E-state index is -1.17. The second-order valence-electron chi connectivity index (χ2n) is 3.48. The molecule has 0 aliphatic carbocycles. The third-order valence-electron chi connectivity index (χ3n) is 1.08. The topological polar surface area (TPSA) is 0 Å². The van der Waals surface area contributed by atoms with Crippen molar-refractivity contribution in [2.45, 2.75) is 19.6 Å². The van der Waals surface area contributed by atoms with Crippen LogP contribution in [0.2, 0.25) is 19.6 Å². The van der Waals surface area contributed by atoms with E-state index < -0.39 is 8.07 Å². The second kappa shape index (κ2) is 3.25. The van der Waals surface area contributed by atoms with Crippen LogP contribution in [0.15, 0.2) is 17.5 Å². The average Bonchev–Trinajstić information content (AvgIpc) is 2.32. The Labute approximate surface area is 73.3 Å². The van der Waals surface area contributed by atoms with Crippen LogP contribution in [0, 0.1) is 11.5 Å². The van der Waals surface area contributed by atoms with Gasteiger partial charge in [0.2, 0.25) is 0 Å². The van der Waals surface area contributed by atoms with Gasteiger partial charge in [-0.3, -0.25) is 0 Å². The molecule has 0 aliphatic heterocycles. The molecule has 0 N–H and O–H groups in total. The van der Waals surface area contributed by atoms with Crippen LogP contribution in [-0.2, 0) is 0 Å². The maximum Gasteiger partial charge on any atom is 0.129 e. The summed E-state index contributed by atoms with van der Waals surface area (Å²) in [5, 5.41) is 2.06. The quantitative estimate of drug-likeness (QED) is 0.425. The van der Waals surface area contributed by atoms with Crippen molar-refractivity contribution in [1.82, 2.24) is 0 Å². The highest BCUT2D eigenvalue weighted by molar-refractivity contribution is 7.10. The highest BCUT2D eigenvalue weighted by Gasteiger charge is 2.07. The van der Waals surface area contributed by atoms with Crippen molar-refractivity contribution in [3.8, 4) is 11.5 Å². The van der Waals surface area contributed by atoms with Crippen LogP contribution in [0.1, 0.15) is 4.88 Å². The van der Waals surface area contributed by atoms with Gasteiger partial charge in [0.05, 0.1) is 4.88 Å². The lowest BCUT2D eigenvalue weighted by Gasteiger charge is -2.02. The molecule has 0 fully saturated rings. The van der Waals surface area contributed by atoms with Gasteiger partial charge in [0.25, 0.3) is 0 Å². The molecule has 1 heterocycles. The molecule has 1 aromatic heterocycles. The SMILES string of the molecule is C[Si](C)(C)C#Cc1cccs1. The van der Waals surface area contributed by atoms with Crippen LogP contribution in [0.5, 0.6) is 0 Å². The Kier molecular flexibility index (Phi) is 2.53. The lowest BCUT2D eigenvalue weighted by molar-refractivity contribution is 1.81. The van der Waals surface area contributed by atoms with Crippen molar-refractivity contribution in [2.75, 3.05) is 0 Å². The van der Waals surface area contributed by atoms with Crippen molar-refractivity contribution >= 4 is 19.4 Å². The first-order chi connectivity index (χ1) is 5.08. The third-order valence-corrected chi connectivity index (χ3v) is 2.74. The molecule has 11 heavy (non-hydrogen) atoms. The largest absolute Gasteiger partial charge is 0.135 e. The number of hydrogen-bond donors (Lipinski definition) is 0. The molecule has 0 spiro atoms. The van der Waals surface area contributed by atoms with Gasteiger partial charge in [-0.15, -0.1) is 16.9 Å². The molecule has 0 saturated heterocycles. The van der Waals surface area contributed by atoms with E-state index >= 15 is 0 Å². The summed E-state index contributed by atoms with van der Waals surface area (Å²) in [4.78, 5) is 1.19. The van der Waals surface area contributed by atoms with Crippen molar-refractivity contribution < 1.29 is 0 Å². The summed E-state index contributed by atoms with van der Waals surface area (Å²) in [7, 11) is -1.17.